The van der Waals surface area contributed by atoms with Gasteiger partial charge in [-0.25, -0.2) is 15.0 Å². The minimum atomic E-state index is -5.28. The van der Waals surface area contributed by atoms with Crippen LogP contribution in [0, 0.1) is 0 Å². The molecule has 0 bridgehead atoms. The SMILES string of the molecule is C[C@@]1(n2cnc3c(N)ncnc32)O[C@H](CO)[C@](O)(P(=O)(O)O)[C@H]1O. The fourth-order valence-corrected chi connectivity index (χ4v) is 3.96. The molecule has 0 aliphatic carbocycles. The summed E-state index contributed by atoms with van der Waals surface area (Å²) in [6.07, 6.45) is -1.52. The summed E-state index contributed by atoms with van der Waals surface area (Å²) in [5, 5.41) is 27.3. The van der Waals surface area contributed by atoms with Gasteiger partial charge in [-0.2, -0.15) is 0 Å². The average molecular weight is 361 g/mol. The Bertz CT molecular complexity index is 839. The normalized spacial score (nSPS) is 34.1. The Kier molecular flexibility index (Phi) is 3.70. The molecule has 4 atom stereocenters. The van der Waals surface area contributed by atoms with Gasteiger partial charge in [-0.1, -0.05) is 0 Å². The van der Waals surface area contributed by atoms with Crippen LogP contribution in [-0.2, 0) is 15.0 Å². The Morgan fingerprint density at radius 1 is 1.42 bits per heavy atom. The van der Waals surface area contributed by atoms with Crippen LogP contribution in [0.1, 0.15) is 6.92 Å². The Labute approximate surface area is 134 Å². The van der Waals surface area contributed by atoms with Crippen LogP contribution in [0.4, 0.5) is 5.82 Å². The van der Waals surface area contributed by atoms with Crippen molar-refractivity contribution in [3.63, 3.8) is 0 Å². The second-order valence-corrected chi connectivity index (χ2v) is 7.42. The number of nitrogen functional groups attached to an aromatic ring is 1. The van der Waals surface area contributed by atoms with E-state index in [4.69, 9.17) is 10.5 Å². The fourth-order valence-electron chi connectivity index (χ4n) is 2.89. The molecule has 0 radical (unpaired) electrons. The highest BCUT2D eigenvalue weighted by Gasteiger charge is 2.70. The van der Waals surface area contributed by atoms with E-state index in [-0.39, 0.29) is 17.0 Å². The van der Waals surface area contributed by atoms with Crippen molar-refractivity contribution < 1.29 is 34.4 Å². The zero-order valence-electron chi connectivity index (χ0n) is 12.4. The summed E-state index contributed by atoms with van der Waals surface area (Å²) in [4.78, 5) is 30.7. The van der Waals surface area contributed by atoms with E-state index in [0.717, 1.165) is 6.33 Å². The molecule has 7 N–H and O–H groups in total. The lowest BCUT2D eigenvalue weighted by Gasteiger charge is -2.33. The van der Waals surface area contributed by atoms with E-state index in [1.165, 1.54) is 17.8 Å². The van der Waals surface area contributed by atoms with Crippen molar-refractivity contribution in [2.24, 2.45) is 0 Å². The van der Waals surface area contributed by atoms with Crippen LogP contribution in [0.25, 0.3) is 11.2 Å². The standard InChI is InChI=1S/C11H16N5O7P/c1-10(16-4-15-6-7(12)13-3-14-8(6)16)9(18)11(19,24(20,21)22)5(2-17)23-10/h3-5,9,17-19H,2H2,1H3,(H2,12,13,14)(H2,20,21,22)/t5-,9+,10-,11+/m1/s1. The van der Waals surface area contributed by atoms with Gasteiger partial charge in [-0.15, -0.1) is 0 Å². The predicted molar refractivity (Wildman–Crippen MR) is 78.3 cm³/mol. The Morgan fingerprint density at radius 3 is 2.62 bits per heavy atom. The highest BCUT2D eigenvalue weighted by atomic mass is 31.2. The van der Waals surface area contributed by atoms with E-state index < -0.39 is 37.5 Å². The number of fused-ring (bicyclic) bond motifs is 1. The summed E-state index contributed by atoms with van der Waals surface area (Å²) in [6.45, 7) is 0.339. The van der Waals surface area contributed by atoms with Crippen molar-refractivity contribution in [3.05, 3.63) is 12.7 Å². The van der Waals surface area contributed by atoms with Crippen molar-refractivity contribution in [2.75, 3.05) is 12.3 Å². The molecule has 132 valence electrons. The van der Waals surface area contributed by atoms with Gasteiger partial charge in [0.25, 0.3) is 0 Å². The lowest BCUT2D eigenvalue weighted by atomic mass is 10.0. The number of rotatable bonds is 3. The highest BCUT2D eigenvalue weighted by molar-refractivity contribution is 7.53. The molecule has 13 heteroatoms. The average Bonchev–Trinajstić information content (AvgIpc) is 3.03. The Hall–Kier alpha value is -1.66. The third kappa shape index (κ3) is 2.02. The Balaban J connectivity index is 2.20. The second kappa shape index (κ2) is 5.17. The Morgan fingerprint density at radius 2 is 2.08 bits per heavy atom. The number of ether oxygens (including phenoxy) is 1. The highest BCUT2D eigenvalue weighted by Crippen LogP contribution is 2.60. The van der Waals surface area contributed by atoms with Gasteiger partial charge in [-0.3, -0.25) is 9.13 Å². The number of aliphatic hydroxyl groups is 3. The molecular formula is C11H16N5O7P. The molecule has 0 saturated carbocycles. The van der Waals surface area contributed by atoms with Gasteiger partial charge in [0.15, 0.2) is 17.2 Å². The van der Waals surface area contributed by atoms with Crippen LogP contribution < -0.4 is 5.73 Å². The molecule has 1 aliphatic rings. The monoisotopic (exact) mass is 361 g/mol. The van der Waals surface area contributed by atoms with E-state index in [2.05, 4.69) is 15.0 Å². The second-order valence-electron chi connectivity index (χ2n) is 5.62. The molecule has 1 saturated heterocycles. The maximum absolute atomic E-state index is 11.7. The molecule has 3 heterocycles. The lowest BCUT2D eigenvalue weighted by Crippen LogP contribution is -2.52. The number of imidazole rings is 1. The molecule has 0 aromatic carbocycles. The number of aromatic nitrogens is 4. The van der Waals surface area contributed by atoms with Crippen LogP contribution in [0.5, 0.6) is 0 Å². The first-order valence-electron chi connectivity index (χ1n) is 6.76. The van der Waals surface area contributed by atoms with Gasteiger partial charge < -0.3 is 35.6 Å². The topological polar surface area (TPSA) is 197 Å². The predicted octanol–water partition coefficient (Wildman–Crippen LogP) is -2.30. The van der Waals surface area contributed by atoms with Crippen molar-refractivity contribution in [2.45, 2.75) is 30.2 Å². The van der Waals surface area contributed by atoms with E-state index in [1.807, 2.05) is 0 Å². The summed E-state index contributed by atoms with van der Waals surface area (Å²) in [6, 6.07) is 0. The summed E-state index contributed by atoms with van der Waals surface area (Å²) in [7, 11) is -5.28. The van der Waals surface area contributed by atoms with Gasteiger partial charge in [0, 0.05) is 0 Å². The third-order valence-electron chi connectivity index (χ3n) is 4.24. The van der Waals surface area contributed by atoms with Crippen LogP contribution in [0.3, 0.4) is 0 Å². The van der Waals surface area contributed by atoms with Crippen LogP contribution >= 0.6 is 7.60 Å². The van der Waals surface area contributed by atoms with Crippen LogP contribution in [-0.4, -0.2) is 68.8 Å². The maximum atomic E-state index is 11.7. The smallest absolute Gasteiger partial charge is 0.362 e. The zero-order chi connectivity index (χ0) is 17.9. The number of nitrogens with zero attached hydrogens (tertiary/aromatic N) is 4. The minimum absolute atomic E-state index is 0.0544. The van der Waals surface area contributed by atoms with Gasteiger partial charge in [-0.05, 0) is 6.92 Å². The van der Waals surface area contributed by atoms with Crippen LogP contribution in [0.15, 0.2) is 12.7 Å². The first-order valence-corrected chi connectivity index (χ1v) is 8.37. The van der Waals surface area contributed by atoms with Crippen molar-refractivity contribution in [1.82, 2.24) is 19.5 Å². The van der Waals surface area contributed by atoms with Gasteiger partial charge in [0.1, 0.15) is 24.1 Å². The molecule has 2 aromatic rings. The number of hydrogen-bond donors (Lipinski definition) is 6. The molecular weight excluding hydrogens is 345 g/mol. The first kappa shape index (κ1) is 17.2. The molecule has 2 aromatic heterocycles. The molecule has 12 nitrogen and oxygen atoms in total. The maximum Gasteiger partial charge on any atom is 0.362 e. The molecule has 24 heavy (non-hydrogen) atoms. The van der Waals surface area contributed by atoms with Gasteiger partial charge >= 0.3 is 7.60 Å². The van der Waals surface area contributed by atoms with Crippen LogP contribution in [0.2, 0.25) is 0 Å². The number of hydrogen-bond acceptors (Lipinski definition) is 9. The first-order chi connectivity index (χ1) is 11.1. The summed E-state index contributed by atoms with van der Waals surface area (Å²) in [5.41, 5.74) is 4.10. The molecule has 0 spiro atoms. The van der Waals surface area contributed by atoms with E-state index in [0.29, 0.717) is 0 Å². The molecule has 1 fully saturated rings. The zero-order valence-corrected chi connectivity index (χ0v) is 13.3. The number of anilines is 1. The number of aliphatic hydroxyl groups excluding tert-OH is 2. The molecule has 1 aliphatic heterocycles. The van der Waals surface area contributed by atoms with Crippen molar-refractivity contribution in [1.29, 1.82) is 0 Å². The summed E-state index contributed by atoms with van der Waals surface area (Å²) in [5.74, 6) is 0.0544. The molecule has 3 rings (SSSR count). The van der Waals surface area contributed by atoms with Gasteiger partial charge in [0.05, 0.1) is 12.9 Å². The number of nitrogens with two attached hydrogens (primary N) is 1. The van der Waals surface area contributed by atoms with E-state index >= 15 is 0 Å². The van der Waals surface area contributed by atoms with E-state index in [1.54, 1.807) is 0 Å². The quantitative estimate of drug-likeness (QED) is 0.321. The molecule has 0 unspecified atom stereocenters. The fraction of sp³-hybridized carbons (Fsp3) is 0.545. The van der Waals surface area contributed by atoms with Crippen molar-refractivity contribution in [3.8, 4) is 0 Å². The minimum Gasteiger partial charge on any atom is -0.394 e. The summed E-state index contributed by atoms with van der Waals surface area (Å²) < 4.78 is 18.3. The summed E-state index contributed by atoms with van der Waals surface area (Å²) >= 11 is 0. The van der Waals surface area contributed by atoms with Crippen molar-refractivity contribution >= 4 is 24.6 Å². The van der Waals surface area contributed by atoms with Gasteiger partial charge in [0.2, 0.25) is 5.34 Å². The van der Waals surface area contributed by atoms with E-state index in [9.17, 15) is 29.7 Å². The largest absolute Gasteiger partial charge is 0.394 e. The molecule has 0 amide bonds. The lowest BCUT2D eigenvalue weighted by molar-refractivity contribution is -0.132. The third-order valence-corrected chi connectivity index (χ3v) is 5.70.